The molecule has 0 aliphatic heterocycles. The van der Waals surface area contributed by atoms with Crippen LogP contribution < -0.4 is 10.5 Å². The van der Waals surface area contributed by atoms with E-state index in [0.29, 0.717) is 17.7 Å². The molecule has 1 fully saturated rings. The Morgan fingerprint density at radius 3 is 1.92 bits per heavy atom. The molecule has 2 unspecified atom stereocenters. The van der Waals surface area contributed by atoms with Crippen LogP contribution in [0, 0.1) is 0 Å². The van der Waals surface area contributed by atoms with Gasteiger partial charge in [-0.3, -0.25) is 4.98 Å². The molecule has 0 spiro atoms. The van der Waals surface area contributed by atoms with E-state index in [-0.39, 0.29) is 12.1 Å². The molecule has 5 heteroatoms. The van der Waals surface area contributed by atoms with Gasteiger partial charge in [-0.25, -0.2) is 4.68 Å². The van der Waals surface area contributed by atoms with Crippen LogP contribution in [0.3, 0.4) is 0 Å². The molecule has 0 bridgehead atoms. The van der Waals surface area contributed by atoms with Crippen LogP contribution in [0.5, 0.6) is 5.75 Å². The van der Waals surface area contributed by atoms with Gasteiger partial charge in [0.25, 0.3) is 0 Å². The van der Waals surface area contributed by atoms with Gasteiger partial charge in [0.2, 0.25) is 0 Å². The summed E-state index contributed by atoms with van der Waals surface area (Å²) in [4.78, 5) is 4.77. The molecule has 0 amide bonds. The van der Waals surface area contributed by atoms with Gasteiger partial charge < -0.3 is 10.5 Å². The van der Waals surface area contributed by atoms with Crippen molar-refractivity contribution in [2.45, 2.75) is 76.4 Å². The van der Waals surface area contributed by atoms with E-state index in [1.807, 2.05) is 36.9 Å². The highest BCUT2D eigenvalue weighted by molar-refractivity contribution is 5.40. The molecule has 2 aromatic carbocycles. The molecule has 4 aromatic rings. The number of nitrogens with zero attached hydrogens (tertiary/aromatic N) is 3. The Labute approximate surface area is 220 Å². The first kappa shape index (κ1) is 25.1. The second kappa shape index (κ2) is 11.6. The lowest BCUT2D eigenvalue weighted by molar-refractivity contribution is 0.241. The van der Waals surface area contributed by atoms with Crippen LogP contribution in [0.4, 0.5) is 5.82 Å². The van der Waals surface area contributed by atoms with Crippen molar-refractivity contribution in [2.75, 3.05) is 5.73 Å². The van der Waals surface area contributed by atoms with Crippen molar-refractivity contribution in [1.29, 1.82) is 0 Å². The number of hydrogen-bond acceptors (Lipinski definition) is 4. The molecular weight excluding hydrogens is 456 g/mol. The fraction of sp³-hybridized carbons (Fsp3) is 0.375. The van der Waals surface area contributed by atoms with E-state index in [2.05, 4.69) is 66.7 Å². The standard InChI is InChI=1S/C32H38N4O/c1-23(2)37-28-19-20-29(34-22-28)24-11-9-10-12-25(18-17-24)30-21-31(33)36(35-30)32(26-13-5-3-6-14-26)27-15-7-4-8-16-27/h3-8,13-16,19-25,32H,9-12,17-18,33H2,1-2H3. The summed E-state index contributed by atoms with van der Waals surface area (Å²) in [5, 5.41) is 5.16. The SMILES string of the molecule is CC(C)Oc1ccc(C2CCCCC(c3cc(N)n(C(c4ccccc4)c4ccccc4)n3)CC2)nc1. The molecule has 2 aromatic heterocycles. The van der Waals surface area contributed by atoms with Gasteiger partial charge >= 0.3 is 0 Å². The molecule has 5 nitrogen and oxygen atoms in total. The van der Waals surface area contributed by atoms with Crippen LogP contribution in [0.15, 0.2) is 85.1 Å². The molecule has 1 aliphatic carbocycles. The normalized spacial score (nSPS) is 18.5. The highest BCUT2D eigenvalue weighted by atomic mass is 16.5. The fourth-order valence-corrected chi connectivity index (χ4v) is 5.62. The first-order valence-electron chi connectivity index (χ1n) is 13.7. The Bertz CT molecular complexity index is 1210. The van der Waals surface area contributed by atoms with Crippen molar-refractivity contribution >= 4 is 5.82 Å². The zero-order valence-corrected chi connectivity index (χ0v) is 22.0. The van der Waals surface area contributed by atoms with Crippen LogP contribution in [-0.4, -0.2) is 20.9 Å². The van der Waals surface area contributed by atoms with Crippen molar-refractivity contribution in [3.8, 4) is 5.75 Å². The van der Waals surface area contributed by atoms with Crippen molar-refractivity contribution in [1.82, 2.24) is 14.8 Å². The van der Waals surface area contributed by atoms with E-state index in [9.17, 15) is 0 Å². The molecule has 2 heterocycles. The van der Waals surface area contributed by atoms with Gasteiger partial charge in [0.1, 0.15) is 17.6 Å². The summed E-state index contributed by atoms with van der Waals surface area (Å²) in [5.74, 6) is 2.43. The van der Waals surface area contributed by atoms with E-state index >= 15 is 0 Å². The molecule has 1 saturated carbocycles. The van der Waals surface area contributed by atoms with Crippen LogP contribution >= 0.6 is 0 Å². The average Bonchev–Trinajstić information content (AvgIpc) is 3.27. The molecular formula is C32H38N4O. The number of nitrogens with two attached hydrogens (primary N) is 1. The fourth-order valence-electron chi connectivity index (χ4n) is 5.62. The molecule has 1 aliphatic rings. The van der Waals surface area contributed by atoms with Crippen LogP contribution in [0.2, 0.25) is 0 Å². The van der Waals surface area contributed by atoms with Crippen molar-refractivity contribution in [2.24, 2.45) is 0 Å². The summed E-state index contributed by atoms with van der Waals surface area (Å²) in [5.41, 5.74) is 11.3. The maximum absolute atomic E-state index is 6.64. The predicted octanol–water partition coefficient (Wildman–Crippen LogP) is 7.51. The summed E-state index contributed by atoms with van der Waals surface area (Å²) in [6, 6.07) is 27.3. The average molecular weight is 495 g/mol. The smallest absolute Gasteiger partial charge is 0.137 e. The van der Waals surface area contributed by atoms with Gasteiger partial charge in [0, 0.05) is 23.6 Å². The maximum Gasteiger partial charge on any atom is 0.137 e. The van der Waals surface area contributed by atoms with Crippen molar-refractivity contribution in [3.05, 3.63) is 108 Å². The van der Waals surface area contributed by atoms with Gasteiger partial charge in [-0.1, -0.05) is 73.5 Å². The summed E-state index contributed by atoms with van der Waals surface area (Å²) >= 11 is 0. The van der Waals surface area contributed by atoms with Gasteiger partial charge in [-0.2, -0.15) is 5.10 Å². The summed E-state index contributed by atoms with van der Waals surface area (Å²) in [6.45, 7) is 4.08. The van der Waals surface area contributed by atoms with E-state index < -0.39 is 0 Å². The van der Waals surface area contributed by atoms with Gasteiger partial charge in [0.05, 0.1) is 18.0 Å². The number of benzene rings is 2. The molecule has 5 rings (SSSR count). The number of ether oxygens (including phenoxy) is 1. The largest absolute Gasteiger partial charge is 0.489 e. The summed E-state index contributed by atoms with van der Waals surface area (Å²) < 4.78 is 7.81. The predicted molar refractivity (Wildman–Crippen MR) is 150 cm³/mol. The second-order valence-corrected chi connectivity index (χ2v) is 10.5. The lowest BCUT2D eigenvalue weighted by atomic mass is 9.82. The Hall–Kier alpha value is -3.60. The minimum Gasteiger partial charge on any atom is -0.489 e. The molecule has 2 N–H and O–H groups in total. The Balaban J connectivity index is 1.36. The quantitative estimate of drug-likeness (QED) is 0.289. The van der Waals surface area contributed by atoms with Crippen molar-refractivity contribution in [3.63, 3.8) is 0 Å². The number of anilines is 1. The molecule has 2 atom stereocenters. The second-order valence-electron chi connectivity index (χ2n) is 10.5. The minimum atomic E-state index is -0.0479. The summed E-state index contributed by atoms with van der Waals surface area (Å²) in [6.07, 6.45) is 8.98. The van der Waals surface area contributed by atoms with Crippen LogP contribution in [0.1, 0.15) is 92.8 Å². The molecule has 192 valence electrons. The highest BCUT2D eigenvalue weighted by Gasteiger charge is 2.25. The van der Waals surface area contributed by atoms with E-state index in [1.54, 1.807) is 0 Å². The molecule has 37 heavy (non-hydrogen) atoms. The Morgan fingerprint density at radius 1 is 0.784 bits per heavy atom. The Morgan fingerprint density at radius 2 is 1.38 bits per heavy atom. The van der Waals surface area contributed by atoms with Crippen LogP contribution in [-0.2, 0) is 0 Å². The van der Waals surface area contributed by atoms with E-state index in [0.717, 1.165) is 30.7 Å². The third kappa shape index (κ3) is 6.04. The van der Waals surface area contributed by atoms with E-state index in [4.69, 9.17) is 20.6 Å². The number of nitrogen functional groups attached to an aromatic ring is 1. The zero-order valence-electron chi connectivity index (χ0n) is 22.0. The number of aromatic nitrogens is 3. The third-order valence-electron chi connectivity index (χ3n) is 7.45. The van der Waals surface area contributed by atoms with Gasteiger partial charge in [-0.15, -0.1) is 0 Å². The minimum absolute atomic E-state index is 0.0479. The zero-order chi connectivity index (χ0) is 25.6. The molecule has 0 radical (unpaired) electrons. The summed E-state index contributed by atoms with van der Waals surface area (Å²) in [7, 11) is 0. The first-order chi connectivity index (χ1) is 18.1. The number of pyridine rings is 1. The van der Waals surface area contributed by atoms with E-state index in [1.165, 1.54) is 36.1 Å². The number of rotatable bonds is 7. The molecule has 0 saturated heterocycles. The monoisotopic (exact) mass is 494 g/mol. The lowest BCUT2D eigenvalue weighted by Gasteiger charge is -2.24. The lowest BCUT2D eigenvalue weighted by Crippen LogP contribution is -2.16. The topological polar surface area (TPSA) is 66.0 Å². The maximum atomic E-state index is 6.64. The Kier molecular flexibility index (Phi) is 7.88. The van der Waals surface area contributed by atoms with Gasteiger partial charge in [-0.05, 0) is 62.8 Å². The van der Waals surface area contributed by atoms with Crippen molar-refractivity contribution < 1.29 is 4.74 Å². The third-order valence-corrected chi connectivity index (χ3v) is 7.45. The van der Waals surface area contributed by atoms with Gasteiger partial charge in [0.15, 0.2) is 0 Å². The number of hydrogen-bond donors (Lipinski definition) is 1. The van der Waals surface area contributed by atoms with Crippen LogP contribution in [0.25, 0.3) is 0 Å². The highest BCUT2D eigenvalue weighted by Crippen LogP contribution is 2.38. The first-order valence-corrected chi connectivity index (χ1v) is 13.7.